The lowest BCUT2D eigenvalue weighted by Crippen LogP contribution is -2.24. The molecule has 2 atom stereocenters. The lowest BCUT2D eigenvalue weighted by Gasteiger charge is -2.10. The van der Waals surface area contributed by atoms with Gasteiger partial charge in [-0.25, -0.2) is 0 Å². The van der Waals surface area contributed by atoms with Crippen molar-refractivity contribution in [3.8, 4) is 0 Å². The third-order valence-electron chi connectivity index (χ3n) is 2.26. The number of rotatable bonds is 2. The third kappa shape index (κ3) is 1.40. The molecule has 0 aromatic rings. The van der Waals surface area contributed by atoms with Crippen molar-refractivity contribution in [2.45, 2.75) is 12.8 Å². The molecule has 1 aliphatic carbocycles. The molecule has 0 N–H and O–H groups in total. The normalized spacial score (nSPS) is 28.6. The second kappa shape index (κ2) is 3.52. The predicted molar refractivity (Wildman–Crippen MR) is 43.4 cm³/mol. The van der Waals surface area contributed by atoms with E-state index in [4.69, 9.17) is 0 Å². The number of hydrogen-bond acceptors (Lipinski definition) is 3. The second-order valence-electron chi connectivity index (χ2n) is 2.91. The molecule has 0 bridgehead atoms. The van der Waals surface area contributed by atoms with Crippen molar-refractivity contribution in [2.75, 3.05) is 7.11 Å². The van der Waals surface area contributed by atoms with Crippen LogP contribution >= 0.6 is 0 Å². The molecule has 1 fully saturated rings. The van der Waals surface area contributed by atoms with E-state index in [2.05, 4.69) is 11.3 Å². The number of methoxy groups -OCH3 is 1. The van der Waals surface area contributed by atoms with Crippen LogP contribution in [0, 0.1) is 11.8 Å². The van der Waals surface area contributed by atoms with Crippen molar-refractivity contribution in [3.63, 3.8) is 0 Å². The van der Waals surface area contributed by atoms with E-state index in [1.54, 1.807) is 6.08 Å². The monoisotopic (exact) mass is 168 g/mol. The van der Waals surface area contributed by atoms with E-state index in [0.717, 1.165) is 6.42 Å². The topological polar surface area (TPSA) is 43.4 Å². The minimum atomic E-state index is -0.590. The van der Waals surface area contributed by atoms with Gasteiger partial charge in [0.2, 0.25) is 0 Å². The molecule has 0 radical (unpaired) electrons. The SMILES string of the molecule is C=C[C@@H]1CCC(=O)[C@@H]1C(=O)OC. The summed E-state index contributed by atoms with van der Waals surface area (Å²) in [6.07, 6.45) is 2.85. The molecule has 3 nitrogen and oxygen atoms in total. The number of esters is 1. The first-order valence-electron chi connectivity index (χ1n) is 3.93. The Kier molecular flexibility index (Phi) is 2.63. The van der Waals surface area contributed by atoms with E-state index in [9.17, 15) is 9.59 Å². The molecule has 12 heavy (non-hydrogen) atoms. The van der Waals surface area contributed by atoms with Gasteiger partial charge in [0.1, 0.15) is 11.7 Å². The Bertz CT molecular complexity index is 220. The van der Waals surface area contributed by atoms with Gasteiger partial charge in [-0.15, -0.1) is 6.58 Å². The van der Waals surface area contributed by atoms with Gasteiger partial charge >= 0.3 is 5.97 Å². The largest absolute Gasteiger partial charge is 0.468 e. The molecule has 66 valence electrons. The molecule has 3 heteroatoms. The van der Waals surface area contributed by atoms with Crippen LogP contribution in [0.5, 0.6) is 0 Å². The van der Waals surface area contributed by atoms with Crippen molar-refractivity contribution in [1.82, 2.24) is 0 Å². The fourth-order valence-corrected chi connectivity index (χ4v) is 1.56. The molecule has 0 aromatic heterocycles. The van der Waals surface area contributed by atoms with Crippen LogP contribution in [0.1, 0.15) is 12.8 Å². The number of Topliss-reactive ketones (excluding diaryl/α,β-unsaturated/α-hetero) is 1. The van der Waals surface area contributed by atoms with Crippen LogP contribution in [-0.2, 0) is 14.3 Å². The number of carbonyl (C=O) groups is 2. The lowest BCUT2D eigenvalue weighted by molar-refractivity contribution is -0.149. The Hall–Kier alpha value is -1.12. The van der Waals surface area contributed by atoms with Gasteiger partial charge in [-0.2, -0.15) is 0 Å². The molecule has 0 heterocycles. The quantitative estimate of drug-likeness (QED) is 0.350. The molecular weight excluding hydrogens is 156 g/mol. The molecule has 0 aromatic carbocycles. The van der Waals surface area contributed by atoms with E-state index in [1.807, 2.05) is 0 Å². The minimum Gasteiger partial charge on any atom is -0.468 e. The van der Waals surface area contributed by atoms with E-state index < -0.39 is 11.9 Å². The molecule has 1 rings (SSSR count). The van der Waals surface area contributed by atoms with Gasteiger partial charge in [-0.05, 0) is 12.3 Å². The highest BCUT2D eigenvalue weighted by atomic mass is 16.5. The maximum atomic E-state index is 11.2. The summed E-state index contributed by atoms with van der Waals surface area (Å²) in [5.74, 6) is -1.06. The summed E-state index contributed by atoms with van der Waals surface area (Å²) in [6, 6.07) is 0. The van der Waals surface area contributed by atoms with Gasteiger partial charge in [0.15, 0.2) is 0 Å². The van der Waals surface area contributed by atoms with Crippen LogP contribution in [0.25, 0.3) is 0 Å². The van der Waals surface area contributed by atoms with Crippen LogP contribution in [0.15, 0.2) is 12.7 Å². The summed E-state index contributed by atoms with van der Waals surface area (Å²) in [4.78, 5) is 22.3. The molecule has 0 saturated heterocycles. The maximum Gasteiger partial charge on any atom is 0.316 e. The summed E-state index contributed by atoms with van der Waals surface area (Å²) in [7, 11) is 1.30. The minimum absolute atomic E-state index is 0.0215. The van der Waals surface area contributed by atoms with Gasteiger partial charge in [-0.1, -0.05) is 6.08 Å². The summed E-state index contributed by atoms with van der Waals surface area (Å²) in [6.45, 7) is 3.58. The molecular formula is C9H12O3. The Morgan fingerprint density at radius 3 is 2.92 bits per heavy atom. The third-order valence-corrected chi connectivity index (χ3v) is 2.26. The van der Waals surface area contributed by atoms with Crippen molar-refractivity contribution >= 4 is 11.8 Å². The van der Waals surface area contributed by atoms with E-state index >= 15 is 0 Å². The highest BCUT2D eigenvalue weighted by Crippen LogP contribution is 2.30. The highest BCUT2D eigenvalue weighted by Gasteiger charge is 2.38. The highest BCUT2D eigenvalue weighted by molar-refractivity contribution is 6.01. The fraction of sp³-hybridized carbons (Fsp3) is 0.556. The summed E-state index contributed by atoms with van der Waals surface area (Å²) >= 11 is 0. The first kappa shape index (κ1) is 8.97. The second-order valence-corrected chi connectivity index (χ2v) is 2.91. The van der Waals surface area contributed by atoms with Crippen molar-refractivity contribution in [3.05, 3.63) is 12.7 Å². The molecule has 1 saturated carbocycles. The number of ether oxygens (including phenoxy) is 1. The zero-order valence-corrected chi connectivity index (χ0v) is 7.08. The lowest BCUT2D eigenvalue weighted by atomic mass is 9.96. The van der Waals surface area contributed by atoms with Gasteiger partial charge in [0.25, 0.3) is 0 Å². The zero-order valence-electron chi connectivity index (χ0n) is 7.08. The fourth-order valence-electron chi connectivity index (χ4n) is 1.56. The van der Waals surface area contributed by atoms with Crippen LogP contribution in [0.3, 0.4) is 0 Å². The van der Waals surface area contributed by atoms with Gasteiger partial charge in [0, 0.05) is 6.42 Å². The van der Waals surface area contributed by atoms with E-state index in [0.29, 0.717) is 6.42 Å². The van der Waals surface area contributed by atoms with Crippen molar-refractivity contribution in [1.29, 1.82) is 0 Å². The molecule has 1 aliphatic rings. The summed E-state index contributed by atoms with van der Waals surface area (Å²) < 4.78 is 4.53. The number of carbonyl (C=O) groups excluding carboxylic acids is 2. The Morgan fingerprint density at radius 2 is 2.42 bits per heavy atom. The number of ketones is 1. The maximum absolute atomic E-state index is 11.2. The predicted octanol–water partition coefficient (Wildman–Crippen LogP) is 0.941. The molecule has 0 amide bonds. The standard InChI is InChI=1S/C9H12O3/c1-3-6-4-5-7(10)8(6)9(11)12-2/h3,6,8H,1,4-5H2,2H3/t6-,8-/m1/s1. The first-order chi connectivity index (χ1) is 5.70. The molecule has 0 spiro atoms. The van der Waals surface area contributed by atoms with Crippen molar-refractivity contribution in [2.24, 2.45) is 11.8 Å². The van der Waals surface area contributed by atoms with Crippen LogP contribution in [-0.4, -0.2) is 18.9 Å². The van der Waals surface area contributed by atoms with E-state index in [1.165, 1.54) is 7.11 Å². The number of hydrogen-bond donors (Lipinski definition) is 0. The van der Waals surface area contributed by atoms with Gasteiger partial charge in [-0.3, -0.25) is 9.59 Å². The first-order valence-corrected chi connectivity index (χ1v) is 3.93. The Labute approximate surface area is 71.4 Å². The van der Waals surface area contributed by atoms with Crippen LogP contribution in [0.4, 0.5) is 0 Å². The van der Waals surface area contributed by atoms with Crippen LogP contribution in [0.2, 0.25) is 0 Å². The Morgan fingerprint density at radius 1 is 1.75 bits per heavy atom. The van der Waals surface area contributed by atoms with Crippen molar-refractivity contribution < 1.29 is 14.3 Å². The zero-order chi connectivity index (χ0) is 9.14. The van der Waals surface area contributed by atoms with Gasteiger partial charge in [0.05, 0.1) is 7.11 Å². The summed E-state index contributed by atoms with van der Waals surface area (Å²) in [5.41, 5.74) is 0. The summed E-state index contributed by atoms with van der Waals surface area (Å²) in [5, 5.41) is 0. The number of allylic oxidation sites excluding steroid dienone is 1. The smallest absolute Gasteiger partial charge is 0.316 e. The van der Waals surface area contributed by atoms with Crippen LogP contribution < -0.4 is 0 Å². The molecule has 0 unspecified atom stereocenters. The molecule has 0 aliphatic heterocycles. The van der Waals surface area contributed by atoms with Gasteiger partial charge < -0.3 is 4.74 Å². The average Bonchev–Trinajstić information content (AvgIpc) is 2.45. The Balaban J connectivity index is 2.76. The van der Waals surface area contributed by atoms with E-state index in [-0.39, 0.29) is 11.7 Å². The average molecular weight is 168 g/mol.